The molecule has 0 aliphatic heterocycles. The Kier molecular flexibility index (Phi) is 59.6. The first-order valence-corrected chi connectivity index (χ1v) is 32.3. The average Bonchev–Trinajstić information content (AvgIpc) is 3.38. The lowest BCUT2D eigenvalue weighted by Gasteiger charge is -2.18. The summed E-state index contributed by atoms with van der Waals surface area (Å²) in [4.78, 5) is 38.0. The number of carbonyl (C=O) groups excluding carboxylic acids is 3. The zero-order valence-corrected chi connectivity index (χ0v) is 48.7. The van der Waals surface area contributed by atoms with Crippen LogP contribution >= 0.6 is 0 Å². The average molecular weight is 1010 g/mol. The number of rotatable bonds is 60. The van der Waals surface area contributed by atoms with Crippen molar-refractivity contribution in [1.29, 1.82) is 0 Å². The first kappa shape index (κ1) is 69.9. The standard InChI is InChI=1S/C66H124O6/c1-4-7-10-13-16-18-20-22-24-26-28-29-30-31-32-33-34-35-36-37-39-40-42-44-46-48-50-53-56-59-65(68)71-62-63(61-70-64(67)58-55-52-15-12-9-6-3)72-66(69)60-57-54-51-49-47-45-43-41-38-27-25-23-21-19-17-14-11-8-5-2/h23,25-26,28,63H,4-22,24,27,29-62H2,1-3H3/b25-23-,28-26-. The van der Waals surface area contributed by atoms with E-state index < -0.39 is 6.10 Å². The van der Waals surface area contributed by atoms with Gasteiger partial charge in [0.05, 0.1) is 0 Å². The molecule has 0 rings (SSSR count). The van der Waals surface area contributed by atoms with Crippen molar-refractivity contribution in [2.24, 2.45) is 0 Å². The first-order chi connectivity index (χ1) is 35.5. The van der Waals surface area contributed by atoms with Crippen molar-refractivity contribution < 1.29 is 28.6 Å². The number of unbranched alkanes of at least 4 members (excludes halogenated alkanes) is 45. The minimum Gasteiger partial charge on any atom is -0.462 e. The second kappa shape index (κ2) is 61.4. The van der Waals surface area contributed by atoms with Gasteiger partial charge in [-0.05, 0) is 70.6 Å². The molecule has 6 nitrogen and oxygen atoms in total. The van der Waals surface area contributed by atoms with Crippen LogP contribution in [0.4, 0.5) is 0 Å². The van der Waals surface area contributed by atoms with E-state index in [2.05, 4.69) is 45.1 Å². The molecule has 0 amide bonds. The Balaban J connectivity index is 3.99. The highest BCUT2D eigenvalue weighted by Crippen LogP contribution is 2.18. The van der Waals surface area contributed by atoms with E-state index in [-0.39, 0.29) is 31.1 Å². The van der Waals surface area contributed by atoms with Gasteiger partial charge >= 0.3 is 17.9 Å². The maximum absolute atomic E-state index is 12.8. The van der Waals surface area contributed by atoms with E-state index in [0.29, 0.717) is 19.3 Å². The van der Waals surface area contributed by atoms with Gasteiger partial charge < -0.3 is 14.2 Å². The minimum atomic E-state index is -0.766. The third-order valence-electron chi connectivity index (χ3n) is 14.7. The summed E-state index contributed by atoms with van der Waals surface area (Å²) in [6.07, 6.45) is 73.8. The Morgan fingerprint density at radius 3 is 0.694 bits per heavy atom. The molecular formula is C66H124O6. The summed E-state index contributed by atoms with van der Waals surface area (Å²) in [6.45, 7) is 6.63. The molecule has 0 aromatic rings. The number of allylic oxidation sites excluding steroid dienone is 4. The third kappa shape index (κ3) is 58.8. The fraction of sp³-hybridized carbons (Fsp3) is 0.894. The van der Waals surface area contributed by atoms with Crippen LogP contribution in [0.15, 0.2) is 24.3 Å². The van der Waals surface area contributed by atoms with Gasteiger partial charge in [0.1, 0.15) is 13.2 Å². The first-order valence-electron chi connectivity index (χ1n) is 32.3. The van der Waals surface area contributed by atoms with E-state index in [4.69, 9.17) is 14.2 Å². The Morgan fingerprint density at radius 2 is 0.458 bits per heavy atom. The molecule has 0 fully saturated rings. The van der Waals surface area contributed by atoms with Gasteiger partial charge in [-0.3, -0.25) is 14.4 Å². The topological polar surface area (TPSA) is 78.9 Å². The Morgan fingerprint density at radius 1 is 0.264 bits per heavy atom. The van der Waals surface area contributed by atoms with Gasteiger partial charge in [0, 0.05) is 19.3 Å². The van der Waals surface area contributed by atoms with Crippen molar-refractivity contribution in [3.8, 4) is 0 Å². The fourth-order valence-corrected chi connectivity index (χ4v) is 9.79. The van der Waals surface area contributed by atoms with Crippen molar-refractivity contribution in [1.82, 2.24) is 0 Å². The summed E-state index contributed by atoms with van der Waals surface area (Å²) in [6, 6.07) is 0. The van der Waals surface area contributed by atoms with Crippen LogP contribution in [0, 0.1) is 0 Å². The molecule has 0 N–H and O–H groups in total. The molecule has 0 saturated carbocycles. The van der Waals surface area contributed by atoms with Gasteiger partial charge in [-0.1, -0.05) is 295 Å². The maximum atomic E-state index is 12.8. The molecule has 1 unspecified atom stereocenters. The van der Waals surface area contributed by atoms with E-state index in [1.165, 1.54) is 263 Å². The van der Waals surface area contributed by atoms with Crippen LogP contribution in [0.25, 0.3) is 0 Å². The lowest BCUT2D eigenvalue weighted by molar-refractivity contribution is -0.167. The van der Waals surface area contributed by atoms with Gasteiger partial charge in [-0.2, -0.15) is 0 Å². The maximum Gasteiger partial charge on any atom is 0.306 e. The number of hydrogen-bond donors (Lipinski definition) is 0. The summed E-state index contributed by atoms with van der Waals surface area (Å²) in [5.41, 5.74) is 0. The normalized spacial score (nSPS) is 12.1. The van der Waals surface area contributed by atoms with Crippen LogP contribution in [0.2, 0.25) is 0 Å². The molecule has 6 heteroatoms. The number of ether oxygens (including phenoxy) is 3. The molecule has 0 radical (unpaired) electrons. The predicted molar refractivity (Wildman–Crippen MR) is 312 cm³/mol. The molecule has 424 valence electrons. The third-order valence-corrected chi connectivity index (χ3v) is 14.7. The zero-order valence-electron chi connectivity index (χ0n) is 48.7. The van der Waals surface area contributed by atoms with Gasteiger partial charge in [-0.15, -0.1) is 0 Å². The van der Waals surface area contributed by atoms with Gasteiger partial charge in [-0.25, -0.2) is 0 Å². The van der Waals surface area contributed by atoms with Crippen molar-refractivity contribution in [3.05, 3.63) is 24.3 Å². The van der Waals surface area contributed by atoms with Crippen LogP contribution < -0.4 is 0 Å². The van der Waals surface area contributed by atoms with Crippen molar-refractivity contribution in [2.75, 3.05) is 13.2 Å². The monoisotopic (exact) mass is 1010 g/mol. The zero-order chi connectivity index (χ0) is 52.2. The largest absolute Gasteiger partial charge is 0.462 e. The van der Waals surface area contributed by atoms with Gasteiger partial charge in [0.15, 0.2) is 6.10 Å². The number of carbonyl (C=O) groups is 3. The summed E-state index contributed by atoms with van der Waals surface area (Å²) in [5, 5.41) is 0. The van der Waals surface area contributed by atoms with E-state index in [0.717, 1.165) is 57.8 Å². The summed E-state index contributed by atoms with van der Waals surface area (Å²) in [5.74, 6) is -0.857. The van der Waals surface area contributed by atoms with Crippen molar-refractivity contribution in [2.45, 2.75) is 367 Å². The quantitative estimate of drug-likeness (QED) is 0.0261. The van der Waals surface area contributed by atoms with E-state index in [9.17, 15) is 14.4 Å². The fourth-order valence-electron chi connectivity index (χ4n) is 9.79. The molecule has 1 atom stereocenters. The van der Waals surface area contributed by atoms with E-state index in [1.54, 1.807) is 0 Å². The summed E-state index contributed by atoms with van der Waals surface area (Å²) in [7, 11) is 0. The molecule has 0 heterocycles. The SMILES string of the molecule is CCCCCCCC/C=C\CCCCCCCCCCCC(=O)OC(COC(=O)CCCCCCCC)COC(=O)CCCCCCCCCCCCCCCCCCC/C=C\CCCCCCCCCC. The Bertz CT molecular complexity index is 1160. The minimum absolute atomic E-state index is 0.0674. The van der Waals surface area contributed by atoms with E-state index in [1.807, 2.05) is 0 Å². The molecule has 0 saturated heterocycles. The highest BCUT2D eigenvalue weighted by molar-refractivity contribution is 5.71. The van der Waals surface area contributed by atoms with Crippen LogP contribution in [-0.2, 0) is 28.6 Å². The second-order valence-corrected chi connectivity index (χ2v) is 22.0. The lowest BCUT2D eigenvalue weighted by Crippen LogP contribution is -2.30. The highest BCUT2D eigenvalue weighted by atomic mass is 16.6. The molecule has 0 aliphatic rings. The smallest absolute Gasteiger partial charge is 0.306 e. The summed E-state index contributed by atoms with van der Waals surface area (Å²) < 4.78 is 16.8. The van der Waals surface area contributed by atoms with Crippen LogP contribution in [0.5, 0.6) is 0 Å². The molecule has 0 aromatic heterocycles. The van der Waals surface area contributed by atoms with Crippen LogP contribution in [0.1, 0.15) is 361 Å². The molecule has 0 spiro atoms. The molecule has 0 bridgehead atoms. The molecular weight excluding hydrogens is 889 g/mol. The Labute approximate surface area is 449 Å². The van der Waals surface area contributed by atoms with E-state index >= 15 is 0 Å². The predicted octanol–water partition coefficient (Wildman–Crippen LogP) is 21.8. The lowest BCUT2D eigenvalue weighted by atomic mass is 10.0. The Hall–Kier alpha value is -2.11. The number of hydrogen-bond acceptors (Lipinski definition) is 6. The molecule has 0 aromatic carbocycles. The highest BCUT2D eigenvalue weighted by Gasteiger charge is 2.19. The van der Waals surface area contributed by atoms with Crippen molar-refractivity contribution >= 4 is 17.9 Å². The second-order valence-electron chi connectivity index (χ2n) is 22.0. The van der Waals surface area contributed by atoms with Crippen molar-refractivity contribution in [3.63, 3.8) is 0 Å². The van der Waals surface area contributed by atoms with Crippen LogP contribution in [-0.4, -0.2) is 37.2 Å². The number of esters is 3. The van der Waals surface area contributed by atoms with Gasteiger partial charge in [0.25, 0.3) is 0 Å². The van der Waals surface area contributed by atoms with Gasteiger partial charge in [0.2, 0.25) is 0 Å². The summed E-state index contributed by atoms with van der Waals surface area (Å²) >= 11 is 0. The van der Waals surface area contributed by atoms with Crippen LogP contribution in [0.3, 0.4) is 0 Å². The molecule has 0 aliphatic carbocycles. The molecule has 72 heavy (non-hydrogen) atoms.